The van der Waals surface area contributed by atoms with Gasteiger partial charge in [0.05, 0.1) is 6.61 Å². The van der Waals surface area contributed by atoms with E-state index in [2.05, 4.69) is 20.5 Å². The highest BCUT2D eigenvalue weighted by Crippen LogP contribution is 2.16. The van der Waals surface area contributed by atoms with E-state index in [1.165, 1.54) is 212 Å². The standard InChI is InChI=1S/C38H77O/c1-3-5-7-9-11-13-15-17-19-21-22-24-26-28-30-32-34-36-38-39-37-35-33-31-29-27-25-23-20-18-16-14-12-10-8-6-4-2/h38H,3-37H2,1-2H3. The largest absolute Gasteiger partial charge is 0.376 e. The molecule has 1 radical (unpaired) electrons. The number of ether oxygens (including phenoxy) is 1. The SMILES string of the molecule is CCCCCCCCCCCCCCCCCCC[CH]OCCCCCCCCCCCCCCCCCC. The van der Waals surface area contributed by atoms with Crippen LogP contribution >= 0.6 is 0 Å². The van der Waals surface area contributed by atoms with Crippen LogP contribution in [0.3, 0.4) is 0 Å². The molecule has 0 aromatic heterocycles. The lowest BCUT2D eigenvalue weighted by Gasteiger charge is -2.05. The maximum atomic E-state index is 5.76. The number of unbranched alkanes of at least 4 members (excludes halogenated alkanes) is 32. The average Bonchev–Trinajstić information content (AvgIpc) is 2.95. The van der Waals surface area contributed by atoms with E-state index in [1.54, 1.807) is 0 Å². The fourth-order valence-corrected chi connectivity index (χ4v) is 5.85. The van der Waals surface area contributed by atoms with Crippen molar-refractivity contribution in [3.05, 3.63) is 6.61 Å². The van der Waals surface area contributed by atoms with Crippen molar-refractivity contribution in [1.82, 2.24) is 0 Å². The highest BCUT2D eigenvalue weighted by Gasteiger charge is 1.97. The Hall–Kier alpha value is -0.0400. The summed E-state index contributed by atoms with van der Waals surface area (Å²) in [5.41, 5.74) is 0. The Balaban J connectivity index is 3.01. The third-order valence-electron chi connectivity index (χ3n) is 8.66. The second-order valence-corrected chi connectivity index (χ2v) is 12.8. The van der Waals surface area contributed by atoms with Gasteiger partial charge in [0, 0.05) is 6.61 Å². The van der Waals surface area contributed by atoms with Gasteiger partial charge < -0.3 is 4.74 Å². The molecule has 0 saturated heterocycles. The monoisotopic (exact) mass is 550 g/mol. The Bertz CT molecular complexity index is 356. The van der Waals surface area contributed by atoms with Crippen molar-refractivity contribution in [3.63, 3.8) is 0 Å². The molecule has 0 aromatic carbocycles. The molecule has 0 spiro atoms. The molecule has 0 unspecified atom stereocenters. The minimum atomic E-state index is 0.942. The molecule has 0 saturated carbocycles. The van der Waals surface area contributed by atoms with E-state index in [9.17, 15) is 0 Å². The summed E-state index contributed by atoms with van der Waals surface area (Å²) in [7, 11) is 0. The maximum absolute atomic E-state index is 5.76. The van der Waals surface area contributed by atoms with Crippen LogP contribution in [0.15, 0.2) is 0 Å². The molecule has 39 heavy (non-hydrogen) atoms. The molecule has 0 fully saturated rings. The van der Waals surface area contributed by atoms with Crippen LogP contribution in [-0.2, 0) is 4.74 Å². The minimum Gasteiger partial charge on any atom is -0.376 e. The summed E-state index contributed by atoms with van der Waals surface area (Å²) in [6, 6.07) is 0. The van der Waals surface area contributed by atoms with E-state index in [0.29, 0.717) is 0 Å². The van der Waals surface area contributed by atoms with E-state index >= 15 is 0 Å². The van der Waals surface area contributed by atoms with Crippen LogP contribution in [-0.4, -0.2) is 6.61 Å². The zero-order valence-electron chi connectivity index (χ0n) is 27.7. The van der Waals surface area contributed by atoms with Gasteiger partial charge in [0.25, 0.3) is 0 Å². The molecule has 0 rings (SSSR count). The Morgan fingerprint density at radius 3 is 0.795 bits per heavy atom. The van der Waals surface area contributed by atoms with Crippen molar-refractivity contribution in [3.8, 4) is 0 Å². The van der Waals surface area contributed by atoms with Gasteiger partial charge in [0.1, 0.15) is 0 Å². The summed E-state index contributed by atoms with van der Waals surface area (Å²) in [5, 5.41) is 0. The van der Waals surface area contributed by atoms with E-state index in [-0.39, 0.29) is 0 Å². The topological polar surface area (TPSA) is 9.23 Å². The second kappa shape index (κ2) is 38.0. The van der Waals surface area contributed by atoms with Gasteiger partial charge in [-0.05, 0) is 12.8 Å². The molecular formula is C38H77O. The molecular weight excluding hydrogens is 472 g/mol. The summed E-state index contributed by atoms with van der Waals surface area (Å²) in [6.07, 6.45) is 48.6. The van der Waals surface area contributed by atoms with E-state index < -0.39 is 0 Å². The van der Waals surface area contributed by atoms with E-state index in [0.717, 1.165) is 13.0 Å². The smallest absolute Gasteiger partial charge is 0.0836 e. The molecule has 0 bridgehead atoms. The van der Waals surface area contributed by atoms with Crippen LogP contribution in [0.4, 0.5) is 0 Å². The molecule has 1 nitrogen and oxygen atoms in total. The van der Waals surface area contributed by atoms with Crippen molar-refractivity contribution in [2.45, 2.75) is 232 Å². The van der Waals surface area contributed by atoms with Crippen LogP contribution in [0, 0.1) is 6.61 Å². The summed E-state index contributed by atoms with van der Waals surface area (Å²) >= 11 is 0. The lowest BCUT2D eigenvalue weighted by Crippen LogP contribution is -1.92. The van der Waals surface area contributed by atoms with Gasteiger partial charge in [0.2, 0.25) is 0 Å². The van der Waals surface area contributed by atoms with Gasteiger partial charge in [-0.2, -0.15) is 0 Å². The number of hydrogen-bond donors (Lipinski definition) is 0. The van der Waals surface area contributed by atoms with Crippen LogP contribution in [0.5, 0.6) is 0 Å². The first-order chi connectivity index (χ1) is 19.4. The molecule has 0 aromatic rings. The zero-order valence-corrected chi connectivity index (χ0v) is 27.7. The highest BCUT2D eigenvalue weighted by molar-refractivity contribution is 4.55. The summed E-state index contributed by atoms with van der Waals surface area (Å²) in [4.78, 5) is 0. The van der Waals surface area contributed by atoms with Gasteiger partial charge in [0.15, 0.2) is 0 Å². The third-order valence-corrected chi connectivity index (χ3v) is 8.66. The molecule has 1 heteroatoms. The highest BCUT2D eigenvalue weighted by atomic mass is 16.5. The molecule has 0 heterocycles. The molecule has 0 aliphatic rings. The van der Waals surface area contributed by atoms with Crippen LogP contribution in [0.1, 0.15) is 232 Å². The van der Waals surface area contributed by atoms with Gasteiger partial charge in [-0.15, -0.1) is 0 Å². The first-order valence-electron chi connectivity index (χ1n) is 18.8. The molecule has 235 valence electrons. The first-order valence-corrected chi connectivity index (χ1v) is 18.8. The van der Waals surface area contributed by atoms with Crippen molar-refractivity contribution >= 4 is 0 Å². The van der Waals surface area contributed by atoms with Crippen LogP contribution in [0.2, 0.25) is 0 Å². The molecule has 0 N–H and O–H groups in total. The van der Waals surface area contributed by atoms with Crippen molar-refractivity contribution < 1.29 is 4.74 Å². The summed E-state index contributed by atoms with van der Waals surface area (Å²) < 4.78 is 5.76. The van der Waals surface area contributed by atoms with Crippen LogP contribution in [0.25, 0.3) is 0 Å². The van der Waals surface area contributed by atoms with E-state index in [1.807, 2.05) is 0 Å². The Morgan fingerprint density at radius 2 is 0.513 bits per heavy atom. The summed E-state index contributed by atoms with van der Waals surface area (Å²) in [5.74, 6) is 0. The Kier molecular flexibility index (Phi) is 37.9. The van der Waals surface area contributed by atoms with Crippen LogP contribution < -0.4 is 0 Å². The van der Waals surface area contributed by atoms with Gasteiger partial charge >= 0.3 is 0 Å². The third kappa shape index (κ3) is 38.0. The average molecular weight is 550 g/mol. The van der Waals surface area contributed by atoms with Gasteiger partial charge in [-0.25, -0.2) is 0 Å². The first kappa shape index (κ1) is 39.0. The zero-order chi connectivity index (χ0) is 28.2. The van der Waals surface area contributed by atoms with Gasteiger partial charge in [-0.3, -0.25) is 0 Å². The minimum absolute atomic E-state index is 0.942. The maximum Gasteiger partial charge on any atom is 0.0836 e. The molecule has 0 aliphatic carbocycles. The fraction of sp³-hybridized carbons (Fsp3) is 0.974. The predicted molar refractivity (Wildman–Crippen MR) is 179 cm³/mol. The predicted octanol–water partition coefficient (Wildman–Crippen LogP) is 14.5. The molecule has 0 atom stereocenters. The molecule has 0 aliphatic heterocycles. The summed E-state index contributed by atoms with van der Waals surface area (Å²) in [6.45, 7) is 7.64. The Morgan fingerprint density at radius 1 is 0.282 bits per heavy atom. The number of rotatable bonds is 36. The van der Waals surface area contributed by atoms with E-state index in [4.69, 9.17) is 4.74 Å². The normalized spacial score (nSPS) is 11.5. The second-order valence-electron chi connectivity index (χ2n) is 12.8. The number of hydrogen-bond acceptors (Lipinski definition) is 1. The molecule has 0 amide bonds. The Labute approximate surface area is 249 Å². The quantitative estimate of drug-likeness (QED) is 0.0706. The van der Waals surface area contributed by atoms with Crippen molar-refractivity contribution in [1.29, 1.82) is 0 Å². The lowest BCUT2D eigenvalue weighted by atomic mass is 10.0. The van der Waals surface area contributed by atoms with Gasteiger partial charge in [-0.1, -0.05) is 219 Å². The van der Waals surface area contributed by atoms with Crippen molar-refractivity contribution in [2.75, 3.05) is 6.61 Å². The fourth-order valence-electron chi connectivity index (χ4n) is 5.85. The lowest BCUT2D eigenvalue weighted by molar-refractivity contribution is 0.183. The van der Waals surface area contributed by atoms with Crippen molar-refractivity contribution in [2.24, 2.45) is 0 Å².